The molecule has 1 aromatic carbocycles. The highest BCUT2D eigenvalue weighted by molar-refractivity contribution is 6.35. The predicted molar refractivity (Wildman–Crippen MR) is 75.5 cm³/mol. The molecule has 0 bridgehead atoms. The number of rotatable bonds is 3. The first-order valence-corrected chi connectivity index (χ1v) is 5.76. The molecule has 0 atom stereocenters. The van der Waals surface area contributed by atoms with Gasteiger partial charge in [-0.15, -0.1) is 0 Å². The van der Waals surface area contributed by atoms with Crippen molar-refractivity contribution in [2.24, 2.45) is 0 Å². The second kappa shape index (κ2) is 5.10. The number of benzene rings is 1. The van der Waals surface area contributed by atoms with E-state index >= 15 is 0 Å². The van der Waals surface area contributed by atoms with Crippen molar-refractivity contribution >= 4 is 34.6 Å². The highest BCUT2D eigenvalue weighted by atomic mass is 35.5. The predicted octanol–water partition coefficient (Wildman–Crippen LogP) is 2.52. The van der Waals surface area contributed by atoms with E-state index in [0.717, 1.165) is 11.4 Å². The molecule has 0 spiro atoms. The molecule has 0 amide bonds. The average Bonchev–Trinajstić information content (AvgIpc) is 2.36. The number of nitrogens with zero attached hydrogens (tertiary/aromatic N) is 3. The van der Waals surface area contributed by atoms with Crippen LogP contribution in [-0.2, 0) is 0 Å². The van der Waals surface area contributed by atoms with Crippen molar-refractivity contribution in [1.29, 1.82) is 0 Å². The van der Waals surface area contributed by atoms with Gasteiger partial charge in [-0.1, -0.05) is 11.6 Å². The molecular formula is C12H14ClN5. The van der Waals surface area contributed by atoms with Crippen LogP contribution in [0.3, 0.4) is 0 Å². The number of nitrogen functional groups attached to an aromatic ring is 1. The molecule has 0 aliphatic rings. The van der Waals surface area contributed by atoms with Crippen LogP contribution in [-0.4, -0.2) is 24.1 Å². The fourth-order valence-electron chi connectivity index (χ4n) is 1.45. The van der Waals surface area contributed by atoms with E-state index in [9.17, 15) is 0 Å². The topological polar surface area (TPSA) is 67.1 Å². The Morgan fingerprint density at radius 1 is 1.17 bits per heavy atom. The van der Waals surface area contributed by atoms with Crippen LogP contribution < -0.4 is 16.0 Å². The fourth-order valence-corrected chi connectivity index (χ4v) is 1.60. The Kier molecular flexibility index (Phi) is 3.53. The van der Waals surface area contributed by atoms with Crippen LogP contribution in [0.15, 0.2) is 30.6 Å². The van der Waals surface area contributed by atoms with Crippen LogP contribution in [0, 0.1) is 0 Å². The van der Waals surface area contributed by atoms with E-state index in [1.807, 2.05) is 43.3 Å². The standard InChI is InChI=1S/C12H14ClN5/c1-18(2)9-5-3-8(4-6-9)17-12-10(13)11(14)15-7-16-12/h3-7H,1-2H3,(H3,14,15,16,17). The van der Waals surface area contributed by atoms with Crippen molar-refractivity contribution in [3.8, 4) is 0 Å². The van der Waals surface area contributed by atoms with Crippen molar-refractivity contribution in [2.45, 2.75) is 0 Å². The lowest BCUT2D eigenvalue weighted by Crippen LogP contribution is -2.08. The first-order chi connectivity index (χ1) is 8.58. The highest BCUT2D eigenvalue weighted by Crippen LogP contribution is 2.27. The molecule has 2 aromatic rings. The summed E-state index contributed by atoms with van der Waals surface area (Å²) in [4.78, 5) is 9.88. The second-order valence-electron chi connectivity index (χ2n) is 3.99. The second-order valence-corrected chi connectivity index (χ2v) is 4.37. The number of hydrogen-bond acceptors (Lipinski definition) is 5. The van der Waals surface area contributed by atoms with E-state index in [2.05, 4.69) is 15.3 Å². The van der Waals surface area contributed by atoms with Crippen LogP contribution in [0.1, 0.15) is 0 Å². The molecule has 6 heteroatoms. The summed E-state index contributed by atoms with van der Waals surface area (Å²) in [6, 6.07) is 7.90. The quantitative estimate of drug-likeness (QED) is 0.891. The monoisotopic (exact) mass is 263 g/mol. The summed E-state index contributed by atoms with van der Waals surface area (Å²) in [7, 11) is 3.98. The Hall–Kier alpha value is -2.01. The molecule has 18 heavy (non-hydrogen) atoms. The summed E-state index contributed by atoms with van der Waals surface area (Å²) in [5, 5.41) is 3.43. The van der Waals surface area contributed by atoms with Crippen LogP contribution >= 0.6 is 11.6 Å². The van der Waals surface area contributed by atoms with Gasteiger partial charge in [-0.3, -0.25) is 0 Å². The third-order valence-electron chi connectivity index (χ3n) is 2.46. The van der Waals surface area contributed by atoms with Gasteiger partial charge in [0.25, 0.3) is 0 Å². The summed E-state index contributed by atoms with van der Waals surface area (Å²) < 4.78 is 0. The van der Waals surface area contributed by atoms with Crippen molar-refractivity contribution in [2.75, 3.05) is 30.0 Å². The van der Waals surface area contributed by atoms with E-state index in [0.29, 0.717) is 10.8 Å². The minimum absolute atomic E-state index is 0.263. The van der Waals surface area contributed by atoms with Crippen molar-refractivity contribution in [3.05, 3.63) is 35.6 Å². The van der Waals surface area contributed by atoms with E-state index in [4.69, 9.17) is 17.3 Å². The molecule has 3 N–H and O–H groups in total. The Balaban J connectivity index is 2.21. The lowest BCUT2D eigenvalue weighted by atomic mass is 10.2. The van der Waals surface area contributed by atoms with Crippen LogP contribution in [0.25, 0.3) is 0 Å². The van der Waals surface area contributed by atoms with E-state index < -0.39 is 0 Å². The van der Waals surface area contributed by atoms with Gasteiger partial charge in [0, 0.05) is 25.5 Å². The number of aromatic nitrogens is 2. The Morgan fingerprint density at radius 2 is 1.83 bits per heavy atom. The Morgan fingerprint density at radius 3 is 2.44 bits per heavy atom. The maximum absolute atomic E-state index is 6.00. The highest BCUT2D eigenvalue weighted by Gasteiger charge is 2.06. The molecule has 0 aliphatic carbocycles. The number of anilines is 4. The SMILES string of the molecule is CN(C)c1ccc(Nc2ncnc(N)c2Cl)cc1. The van der Waals surface area contributed by atoms with Gasteiger partial charge in [-0.2, -0.15) is 0 Å². The van der Waals surface area contributed by atoms with Gasteiger partial charge in [0.05, 0.1) is 0 Å². The normalized spacial score (nSPS) is 10.2. The van der Waals surface area contributed by atoms with Crippen molar-refractivity contribution < 1.29 is 0 Å². The zero-order valence-corrected chi connectivity index (χ0v) is 10.9. The first-order valence-electron chi connectivity index (χ1n) is 5.38. The number of nitrogens with one attached hydrogen (secondary N) is 1. The van der Waals surface area contributed by atoms with Gasteiger partial charge in [-0.25, -0.2) is 9.97 Å². The third-order valence-corrected chi connectivity index (χ3v) is 2.84. The van der Waals surface area contributed by atoms with Crippen LogP contribution in [0.4, 0.5) is 23.0 Å². The first kappa shape index (κ1) is 12.4. The van der Waals surface area contributed by atoms with Crippen LogP contribution in [0.2, 0.25) is 5.02 Å². The van der Waals surface area contributed by atoms with Crippen molar-refractivity contribution in [3.63, 3.8) is 0 Å². The molecule has 5 nitrogen and oxygen atoms in total. The Bertz CT molecular complexity index is 539. The smallest absolute Gasteiger partial charge is 0.154 e. The van der Waals surface area contributed by atoms with Crippen molar-refractivity contribution in [1.82, 2.24) is 9.97 Å². The van der Waals surface area contributed by atoms with E-state index in [1.54, 1.807) is 0 Å². The number of halogens is 1. The van der Waals surface area contributed by atoms with Gasteiger partial charge in [0.15, 0.2) is 5.82 Å². The lowest BCUT2D eigenvalue weighted by Gasteiger charge is -2.13. The van der Waals surface area contributed by atoms with Gasteiger partial charge < -0.3 is 16.0 Å². The summed E-state index contributed by atoms with van der Waals surface area (Å²) >= 11 is 6.00. The summed E-state index contributed by atoms with van der Waals surface area (Å²) in [6.45, 7) is 0. The van der Waals surface area contributed by atoms with Crippen LogP contribution in [0.5, 0.6) is 0 Å². The molecule has 0 saturated heterocycles. The largest absolute Gasteiger partial charge is 0.382 e. The average molecular weight is 264 g/mol. The molecule has 0 saturated carbocycles. The molecular weight excluding hydrogens is 250 g/mol. The number of hydrogen-bond donors (Lipinski definition) is 2. The number of nitrogens with two attached hydrogens (primary N) is 1. The molecule has 94 valence electrons. The molecule has 1 aromatic heterocycles. The summed E-state index contributed by atoms with van der Waals surface area (Å²) in [5.41, 5.74) is 7.62. The molecule has 1 heterocycles. The lowest BCUT2D eigenvalue weighted by molar-refractivity contribution is 1.13. The zero-order valence-electron chi connectivity index (χ0n) is 10.2. The fraction of sp³-hybridized carbons (Fsp3) is 0.167. The molecule has 2 rings (SSSR count). The van der Waals surface area contributed by atoms with Gasteiger partial charge in [0.2, 0.25) is 0 Å². The molecule has 0 radical (unpaired) electrons. The van der Waals surface area contributed by atoms with Gasteiger partial charge in [-0.05, 0) is 24.3 Å². The van der Waals surface area contributed by atoms with E-state index in [1.165, 1.54) is 6.33 Å². The third kappa shape index (κ3) is 2.62. The van der Waals surface area contributed by atoms with Gasteiger partial charge in [0.1, 0.15) is 17.2 Å². The molecule has 0 unspecified atom stereocenters. The summed E-state index contributed by atoms with van der Waals surface area (Å²) in [5.74, 6) is 0.765. The van der Waals surface area contributed by atoms with Gasteiger partial charge >= 0.3 is 0 Å². The minimum atomic E-state index is 0.263. The zero-order chi connectivity index (χ0) is 13.1. The molecule has 0 fully saturated rings. The summed E-state index contributed by atoms with van der Waals surface area (Å²) in [6.07, 6.45) is 1.37. The minimum Gasteiger partial charge on any atom is -0.382 e. The maximum Gasteiger partial charge on any atom is 0.154 e. The maximum atomic E-state index is 6.00. The Labute approximate surface area is 111 Å². The van der Waals surface area contributed by atoms with E-state index in [-0.39, 0.29) is 5.82 Å². The molecule has 0 aliphatic heterocycles.